The second kappa shape index (κ2) is 19.7. The van der Waals surface area contributed by atoms with E-state index in [-0.39, 0.29) is 53.0 Å². The van der Waals surface area contributed by atoms with Gasteiger partial charge in [0, 0.05) is 35.5 Å². The Labute approximate surface area is 278 Å². The standard InChI is InChI=1S/C12H18O2.C12H20O2.C11H18O2.4CH4/c1-9-3-5-12(10(2)7-9)6-4-11(13)14-8-12;13-11-6-9-12(10-14-11)7-4-2-1-3-5-8-12;1-9-2-5-11(6-3-9)7-4-10(12)13-8-11;;;;/h3,10H,4-8H2,1-2H3;1-10H2;9H,2-8H2,1H3;4*1H4. The van der Waals surface area contributed by atoms with Gasteiger partial charge in [0.2, 0.25) is 0 Å². The highest BCUT2D eigenvalue weighted by Gasteiger charge is 2.42. The average molecular weight is 637 g/mol. The molecular weight excluding hydrogens is 564 g/mol. The number of carbonyl (C=O) groups excluding carboxylic acids is 3. The van der Waals surface area contributed by atoms with E-state index in [0.717, 1.165) is 38.0 Å². The summed E-state index contributed by atoms with van der Waals surface area (Å²) >= 11 is 0. The summed E-state index contributed by atoms with van der Waals surface area (Å²) in [6.45, 7) is 8.83. The Morgan fingerprint density at radius 3 is 1.47 bits per heavy atom. The lowest BCUT2D eigenvalue weighted by Crippen LogP contribution is -2.40. The average Bonchev–Trinajstić information content (AvgIpc) is 2.96. The number of esters is 3. The van der Waals surface area contributed by atoms with Gasteiger partial charge in [-0.2, -0.15) is 0 Å². The number of ether oxygens (including phenoxy) is 3. The molecule has 5 fully saturated rings. The van der Waals surface area contributed by atoms with Gasteiger partial charge in [-0.25, -0.2) is 0 Å². The van der Waals surface area contributed by atoms with Crippen molar-refractivity contribution >= 4 is 17.9 Å². The van der Waals surface area contributed by atoms with Crippen LogP contribution in [0.4, 0.5) is 0 Å². The smallest absolute Gasteiger partial charge is 0.305 e. The van der Waals surface area contributed by atoms with Crippen LogP contribution in [0.15, 0.2) is 11.6 Å². The molecule has 6 rings (SSSR count). The van der Waals surface area contributed by atoms with Crippen molar-refractivity contribution in [2.24, 2.45) is 28.1 Å². The van der Waals surface area contributed by atoms with Crippen molar-refractivity contribution in [2.45, 2.75) is 172 Å². The fourth-order valence-corrected chi connectivity index (χ4v) is 7.94. The molecule has 2 unspecified atom stereocenters. The van der Waals surface area contributed by atoms with Crippen molar-refractivity contribution in [1.82, 2.24) is 0 Å². The van der Waals surface area contributed by atoms with E-state index >= 15 is 0 Å². The Hall–Kier alpha value is -1.85. The van der Waals surface area contributed by atoms with Gasteiger partial charge >= 0.3 is 17.9 Å². The molecule has 0 N–H and O–H groups in total. The van der Waals surface area contributed by atoms with Crippen molar-refractivity contribution in [1.29, 1.82) is 0 Å². The Kier molecular flexibility index (Phi) is 18.9. The lowest BCUT2D eigenvalue weighted by Gasteiger charge is -2.43. The molecule has 45 heavy (non-hydrogen) atoms. The summed E-state index contributed by atoms with van der Waals surface area (Å²) in [5, 5.41) is 0. The van der Waals surface area contributed by atoms with Gasteiger partial charge < -0.3 is 14.2 Å². The third kappa shape index (κ3) is 12.4. The van der Waals surface area contributed by atoms with Gasteiger partial charge in [-0.15, -0.1) is 0 Å². The number of allylic oxidation sites excluding steroid dienone is 2. The lowest BCUT2D eigenvalue weighted by molar-refractivity contribution is -0.157. The minimum absolute atomic E-state index is 0. The Balaban J connectivity index is 0.000000618. The lowest BCUT2D eigenvalue weighted by atomic mass is 9.65. The zero-order chi connectivity index (χ0) is 29.3. The summed E-state index contributed by atoms with van der Waals surface area (Å²) in [4.78, 5) is 33.0. The molecule has 2 atom stereocenters. The molecule has 0 aromatic rings. The van der Waals surface area contributed by atoms with Crippen molar-refractivity contribution < 1.29 is 28.6 Å². The van der Waals surface area contributed by atoms with E-state index < -0.39 is 0 Å². The van der Waals surface area contributed by atoms with Crippen molar-refractivity contribution in [3.63, 3.8) is 0 Å². The minimum Gasteiger partial charge on any atom is -0.465 e. The van der Waals surface area contributed by atoms with E-state index in [1.165, 1.54) is 76.2 Å². The van der Waals surface area contributed by atoms with Gasteiger partial charge in [-0.05, 0) is 76.5 Å². The number of hydrogen-bond acceptors (Lipinski definition) is 6. The van der Waals surface area contributed by atoms with Crippen LogP contribution in [0.2, 0.25) is 0 Å². The van der Waals surface area contributed by atoms with E-state index in [4.69, 9.17) is 14.2 Å². The minimum atomic E-state index is -0.0194. The molecule has 6 nitrogen and oxygen atoms in total. The second-order valence-corrected chi connectivity index (χ2v) is 14.7. The number of hydrogen-bond donors (Lipinski definition) is 0. The molecular formula is C39H72O6. The summed E-state index contributed by atoms with van der Waals surface area (Å²) in [6.07, 6.45) is 24.2. The zero-order valence-corrected chi connectivity index (χ0v) is 26.2. The predicted octanol–water partition coefficient (Wildman–Crippen LogP) is 10.8. The van der Waals surface area contributed by atoms with Crippen molar-refractivity contribution in [2.75, 3.05) is 19.8 Å². The summed E-state index contributed by atoms with van der Waals surface area (Å²) in [5.74, 6) is 1.53. The van der Waals surface area contributed by atoms with E-state index in [0.29, 0.717) is 55.8 Å². The third-order valence-corrected chi connectivity index (χ3v) is 11.4. The van der Waals surface area contributed by atoms with Gasteiger partial charge in [-0.3, -0.25) is 14.4 Å². The predicted molar refractivity (Wildman–Crippen MR) is 187 cm³/mol. The van der Waals surface area contributed by atoms with Gasteiger partial charge in [0.15, 0.2) is 0 Å². The van der Waals surface area contributed by atoms with Crippen LogP contribution in [-0.4, -0.2) is 37.7 Å². The first-order valence-electron chi connectivity index (χ1n) is 16.8. The van der Waals surface area contributed by atoms with Crippen LogP contribution in [-0.2, 0) is 28.6 Å². The summed E-state index contributed by atoms with van der Waals surface area (Å²) in [5.41, 5.74) is 2.49. The molecule has 0 aromatic carbocycles. The molecule has 0 bridgehead atoms. The van der Waals surface area contributed by atoms with E-state index in [2.05, 4.69) is 26.8 Å². The third-order valence-electron chi connectivity index (χ3n) is 11.4. The number of rotatable bonds is 0. The summed E-state index contributed by atoms with van der Waals surface area (Å²) < 4.78 is 15.6. The summed E-state index contributed by atoms with van der Waals surface area (Å²) in [6, 6.07) is 0. The maximum atomic E-state index is 11.0. The van der Waals surface area contributed by atoms with E-state index in [9.17, 15) is 14.4 Å². The van der Waals surface area contributed by atoms with Crippen LogP contribution in [0.3, 0.4) is 0 Å². The molecule has 264 valence electrons. The van der Waals surface area contributed by atoms with E-state index in [1.807, 2.05) is 0 Å². The van der Waals surface area contributed by atoms with Gasteiger partial charge in [0.1, 0.15) is 0 Å². The number of cyclic esters (lactones) is 3. The Morgan fingerprint density at radius 1 is 0.600 bits per heavy atom. The van der Waals surface area contributed by atoms with Gasteiger partial charge in [0.05, 0.1) is 19.8 Å². The molecule has 3 aliphatic carbocycles. The molecule has 3 aliphatic heterocycles. The maximum absolute atomic E-state index is 11.0. The first-order valence-corrected chi connectivity index (χ1v) is 16.8. The molecule has 6 heteroatoms. The topological polar surface area (TPSA) is 78.9 Å². The first kappa shape index (κ1) is 43.1. The molecule has 2 saturated carbocycles. The largest absolute Gasteiger partial charge is 0.465 e. The fourth-order valence-electron chi connectivity index (χ4n) is 7.94. The number of carbonyl (C=O) groups is 3. The summed E-state index contributed by atoms with van der Waals surface area (Å²) in [7, 11) is 0. The van der Waals surface area contributed by atoms with Crippen LogP contribution in [0.1, 0.15) is 172 Å². The van der Waals surface area contributed by atoms with E-state index in [1.54, 1.807) is 0 Å². The van der Waals surface area contributed by atoms with Crippen LogP contribution in [0, 0.1) is 28.1 Å². The van der Waals surface area contributed by atoms with Crippen LogP contribution in [0.5, 0.6) is 0 Å². The molecule has 6 aliphatic rings. The molecule has 3 saturated heterocycles. The van der Waals surface area contributed by atoms with Crippen molar-refractivity contribution in [3.8, 4) is 0 Å². The quantitative estimate of drug-likeness (QED) is 0.149. The molecule has 0 aromatic heterocycles. The van der Waals surface area contributed by atoms with Crippen LogP contribution >= 0.6 is 0 Å². The molecule has 3 heterocycles. The van der Waals surface area contributed by atoms with Gasteiger partial charge in [-0.1, -0.05) is 100 Å². The molecule has 0 radical (unpaired) electrons. The SMILES string of the molecule is C.C.C.C.CC1=CCC2(CCC(=O)OC2)C(C)C1.CC1CCC2(CCC(=O)OC2)CC1.O=C1CCC2(CCCCCCC2)CO1. The van der Waals surface area contributed by atoms with Crippen LogP contribution in [0.25, 0.3) is 0 Å². The second-order valence-electron chi connectivity index (χ2n) is 14.7. The molecule has 3 spiro atoms. The fraction of sp³-hybridized carbons (Fsp3) is 0.872. The monoisotopic (exact) mass is 637 g/mol. The normalized spacial score (nSPS) is 32.2. The highest BCUT2D eigenvalue weighted by atomic mass is 16.5. The Bertz CT molecular complexity index is 886. The maximum Gasteiger partial charge on any atom is 0.305 e. The highest BCUT2D eigenvalue weighted by molar-refractivity contribution is 5.71. The Morgan fingerprint density at radius 2 is 1.04 bits per heavy atom. The highest BCUT2D eigenvalue weighted by Crippen LogP contribution is 2.46. The molecule has 0 amide bonds. The van der Waals surface area contributed by atoms with Gasteiger partial charge in [0.25, 0.3) is 0 Å². The van der Waals surface area contributed by atoms with Crippen molar-refractivity contribution in [3.05, 3.63) is 11.6 Å². The zero-order valence-electron chi connectivity index (χ0n) is 26.2. The van der Waals surface area contributed by atoms with Crippen LogP contribution < -0.4 is 0 Å². The first-order chi connectivity index (χ1) is 19.6.